The predicted molar refractivity (Wildman–Crippen MR) is 75.5 cm³/mol. The highest BCUT2D eigenvalue weighted by molar-refractivity contribution is 7.99. The summed E-state index contributed by atoms with van der Waals surface area (Å²) in [4.78, 5) is 24.3. The highest BCUT2D eigenvalue weighted by atomic mass is 32.2. The number of carbonyl (C=O) groups excluding carboxylic acids is 2. The van der Waals surface area contributed by atoms with E-state index in [1.54, 1.807) is 18.9 Å². The summed E-state index contributed by atoms with van der Waals surface area (Å²) in [6, 6.07) is 9.91. The lowest BCUT2D eigenvalue weighted by atomic mass is 10.2. The van der Waals surface area contributed by atoms with Gasteiger partial charge in [0.2, 0.25) is 5.91 Å². The first-order valence-electron chi connectivity index (χ1n) is 5.94. The fraction of sp³-hybridized carbons (Fsp3) is 0.429. The molecule has 0 N–H and O–H groups in total. The van der Waals surface area contributed by atoms with Gasteiger partial charge in [-0.15, -0.1) is 0 Å². The van der Waals surface area contributed by atoms with Crippen molar-refractivity contribution in [2.24, 2.45) is 0 Å². The maximum absolute atomic E-state index is 11.8. The molecule has 0 saturated carbocycles. The molecule has 0 heterocycles. The van der Waals surface area contributed by atoms with Gasteiger partial charge < -0.3 is 4.90 Å². The van der Waals surface area contributed by atoms with Crippen LogP contribution in [0.15, 0.2) is 30.3 Å². The zero-order valence-electron chi connectivity index (χ0n) is 10.9. The van der Waals surface area contributed by atoms with E-state index in [9.17, 15) is 9.59 Å². The summed E-state index contributed by atoms with van der Waals surface area (Å²) in [5.41, 5.74) is 1.13. The summed E-state index contributed by atoms with van der Waals surface area (Å²) in [6.07, 6.45) is 0.542. The van der Waals surface area contributed by atoms with Crippen molar-refractivity contribution in [3.8, 4) is 0 Å². The Labute approximate surface area is 113 Å². The van der Waals surface area contributed by atoms with Gasteiger partial charge in [0.1, 0.15) is 5.78 Å². The van der Waals surface area contributed by atoms with Gasteiger partial charge in [-0.2, -0.15) is 11.8 Å². The Morgan fingerprint density at radius 2 is 1.89 bits per heavy atom. The van der Waals surface area contributed by atoms with Crippen LogP contribution in [0.4, 0.5) is 0 Å². The average molecular weight is 265 g/mol. The zero-order valence-corrected chi connectivity index (χ0v) is 11.7. The molecule has 0 aliphatic carbocycles. The van der Waals surface area contributed by atoms with Crippen molar-refractivity contribution < 1.29 is 9.59 Å². The van der Waals surface area contributed by atoms with Gasteiger partial charge in [-0.1, -0.05) is 30.3 Å². The van der Waals surface area contributed by atoms with Crippen LogP contribution in [0.25, 0.3) is 0 Å². The molecule has 0 bridgehead atoms. The van der Waals surface area contributed by atoms with Crippen molar-refractivity contribution in [3.05, 3.63) is 35.9 Å². The predicted octanol–water partition coefficient (Wildman–Crippen LogP) is 2.36. The number of thioether (sulfide) groups is 1. The first-order chi connectivity index (χ1) is 8.59. The molecule has 0 aromatic heterocycles. The first kappa shape index (κ1) is 14.8. The minimum absolute atomic E-state index is 0.104. The molecule has 18 heavy (non-hydrogen) atoms. The van der Waals surface area contributed by atoms with Crippen LogP contribution >= 0.6 is 11.8 Å². The number of Topliss-reactive ketones (excluding diaryl/α,β-unsaturated/α-hetero) is 1. The van der Waals surface area contributed by atoms with Crippen LogP contribution in [0.5, 0.6) is 0 Å². The molecule has 1 aromatic rings. The normalized spacial score (nSPS) is 10.1. The van der Waals surface area contributed by atoms with Crippen molar-refractivity contribution in [2.75, 3.05) is 18.6 Å². The maximum atomic E-state index is 11.8. The van der Waals surface area contributed by atoms with Gasteiger partial charge in [-0.3, -0.25) is 9.59 Å². The Morgan fingerprint density at radius 3 is 2.50 bits per heavy atom. The fourth-order valence-electron chi connectivity index (χ4n) is 1.43. The van der Waals surface area contributed by atoms with Crippen LogP contribution in [-0.4, -0.2) is 35.1 Å². The van der Waals surface area contributed by atoms with E-state index >= 15 is 0 Å². The Bertz CT molecular complexity index is 392. The van der Waals surface area contributed by atoms with E-state index in [1.165, 1.54) is 11.8 Å². The van der Waals surface area contributed by atoms with Crippen molar-refractivity contribution in [3.63, 3.8) is 0 Å². The van der Waals surface area contributed by atoms with Crippen molar-refractivity contribution in [1.29, 1.82) is 0 Å². The third kappa shape index (κ3) is 5.87. The van der Waals surface area contributed by atoms with E-state index in [2.05, 4.69) is 0 Å². The lowest BCUT2D eigenvalue weighted by Crippen LogP contribution is -2.27. The number of hydrogen-bond acceptors (Lipinski definition) is 3. The largest absolute Gasteiger partial charge is 0.341 e. The Balaban J connectivity index is 2.27. The Hall–Kier alpha value is -1.29. The molecule has 1 rings (SSSR count). The lowest BCUT2D eigenvalue weighted by molar-refractivity contribution is -0.127. The van der Waals surface area contributed by atoms with Crippen LogP contribution in [0, 0.1) is 0 Å². The standard InChI is InChI=1S/C14H19NO2S/c1-12(16)8-9-18-11-14(17)15(2)10-13-6-4-3-5-7-13/h3-7H,8-11H2,1-2H3. The van der Waals surface area contributed by atoms with E-state index in [-0.39, 0.29) is 11.7 Å². The summed E-state index contributed by atoms with van der Waals surface area (Å²) < 4.78 is 0. The smallest absolute Gasteiger partial charge is 0.232 e. The molecule has 1 aromatic carbocycles. The van der Waals surface area contributed by atoms with Crippen LogP contribution in [0.3, 0.4) is 0 Å². The molecule has 0 unspecified atom stereocenters. The monoisotopic (exact) mass is 265 g/mol. The molecule has 0 fully saturated rings. The molecule has 4 heteroatoms. The SMILES string of the molecule is CC(=O)CCSCC(=O)N(C)Cc1ccccc1. The van der Waals surface area contributed by atoms with E-state index in [1.807, 2.05) is 30.3 Å². The number of nitrogens with zero attached hydrogens (tertiary/aromatic N) is 1. The van der Waals surface area contributed by atoms with Crippen LogP contribution in [0.1, 0.15) is 18.9 Å². The molecular weight excluding hydrogens is 246 g/mol. The number of hydrogen-bond donors (Lipinski definition) is 0. The number of benzene rings is 1. The van der Waals surface area contributed by atoms with E-state index in [0.717, 1.165) is 11.3 Å². The summed E-state index contributed by atoms with van der Waals surface area (Å²) in [7, 11) is 1.81. The summed E-state index contributed by atoms with van der Waals surface area (Å²) >= 11 is 1.52. The van der Waals surface area contributed by atoms with Gasteiger partial charge in [0.25, 0.3) is 0 Å². The third-order valence-corrected chi connectivity index (χ3v) is 3.46. The molecule has 0 spiro atoms. The molecule has 0 aliphatic rings. The topological polar surface area (TPSA) is 37.4 Å². The van der Waals surface area contributed by atoms with Crippen LogP contribution < -0.4 is 0 Å². The second-order valence-electron chi connectivity index (χ2n) is 4.24. The molecule has 0 saturated heterocycles. The van der Waals surface area contributed by atoms with E-state index in [0.29, 0.717) is 18.7 Å². The van der Waals surface area contributed by atoms with E-state index < -0.39 is 0 Å². The Kier molecular flexibility index (Phi) is 6.50. The minimum Gasteiger partial charge on any atom is -0.341 e. The fourth-order valence-corrected chi connectivity index (χ4v) is 2.40. The Morgan fingerprint density at radius 1 is 1.22 bits per heavy atom. The van der Waals surface area contributed by atoms with Gasteiger partial charge in [-0.05, 0) is 12.5 Å². The molecule has 3 nitrogen and oxygen atoms in total. The first-order valence-corrected chi connectivity index (χ1v) is 7.10. The second-order valence-corrected chi connectivity index (χ2v) is 5.35. The quantitative estimate of drug-likeness (QED) is 0.710. The number of ketones is 1. The van der Waals surface area contributed by atoms with Gasteiger partial charge in [-0.25, -0.2) is 0 Å². The molecule has 0 aliphatic heterocycles. The van der Waals surface area contributed by atoms with Crippen molar-refractivity contribution in [1.82, 2.24) is 4.90 Å². The van der Waals surface area contributed by atoms with Crippen molar-refractivity contribution in [2.45, 2.75) is 19.9 Å². The molecule has 1 amide bonds. The van der Waals surface area contributed by atoms with E-state index in [4.69, 9.17) is 0 Å². The van der Waals surface area contributed by atoms with Gasteiger partial charge in [0.15, 0.2) is 0 Å². The second kappa shape index (κ2) is 7.93. The highest BCUT2D eigenvalue weighted by Gasteiger charge is 2.09. The summed E-state index contributed by atoms with van der Waals surface area (Å²) in [5.74, 6) is 1.44. The highest BCUT2D eigenvalue weighted by Crippen LogP contribution is 2.07. The summed E-state index contributed by atoms with van der Waals surface area (Å²) in [6.45, 7) is 2.21. The third-order valence-electron chi connectivity index (χ3n) is 2.51. The number of carbonyl (C=O) groups is 2. The molecule has 0 radical (unpaired) electrons. The minimum atomic E-state index is 0.104. The molecule has 0 atom stereocenters. The van der Waals surface area contributed by atoms with Gasteiger partial charge in [0, 0.05) is 25.8 Å². The van der Waals surface area contributed by atoms with Crippen LogP contribution in [-0.2, 0) is 16.1 Å². The lowest BCUT2D eigenvalue weighted by Gasteiger charge is -2.16. The number of amides is 1. The number of rotatable bonds is 7. The maximum Gasteiger partial charge on any atom is 0.232 e. The average Bonchev–Trinajstić information content (AvgIpc) is 2.35. The zero-order chi connectivity index (χ0) is 13.4. The molecular formula is C14H19NO2S. The van der Waals surface area contributed by atoms with Gasteiger partial charge in [0.05, 0.1) is 5.75 Å². The summed E-state index contributed by atoms with van der Waals surface area (Å²) in [5, 5.41) is 0. The van der Waals surface area contributed by atoms with Crippen LogP contribution in [0.2, 0.25) is 0 Å². The van der Waals surface area contributed by atoms with Crippen molar-refractivity contribution >= 4 is 23.5 Å². The molecule has 98 valence electrons. The van der Waals surface area contributed by atoms with Gasteiger partial charge >= 0.3 is 0 Å².